The molecule has 0 bridgehead atoms. The molecule has 1 heterocycles. The van der Waals surface area contributed by atoms with Gasteiger partial charge < -0.3 is 9.15 Å². The van der Waals surface area contributed by atoms with E-state index in [2.05, 4.69) is 4.74 Å². The van der Waals surface area contributed by atoms with E-state index < -0.39 is 34.6 Å². The lowest BCUT2D eigenvalue weighted by atomic mass is 10.1. The van der Waals surface area contributed by atoms with E-state index >= 15 is 0 Å². The van der Waals surface area contributed by atoms with Crippen molar-refractivity contribution < 1.29 is 26.7 Å². The first-order valence-corrected chi connectivity index (χ1v) is 4.93. The third-order valence-electron chi connectivity index (χ3n) is 2.52. The summed E-state index contributed by atoms with van der Waals surface area (Å²) >= 11 is 0. The maximum atomic E-state index is 13.7. The zero-order valence-corrected chi connectivity index (χ0v) is 9.48. The van der Waals surface area contributed by atoms with E-state index in [1.807, 2.05) is 0 Å². The lowest BCUT2D eigenvalue weighted by molar-refractivity contribution is 0.333. The van der Waals surface area contributed by atoms with Crippen LogP contribution < -0.4 is 4.74 Å². The first-order chi connectivity index (χ1) is 8.49. The summed E-state index contributed by atoms with van der Waals surface area (Å²) in [6, 6.07) is 1.42. The Kier molecular flexibility index (Phi) is 3.02. The highest BCUT2D eigenvalue weighted by atomic mass is 19.2. The van der Waals surface area contributed by atoms with Crippen LogP contribution >= 0.6 is 0 Å². The average molecular weight is 260 g/mol. The molecule has 6 heteroatoms. The summed E-state index contributed by atoms with van der Waals surface area (Å²) in [4.78, 5) is 0. The van der Waals surface area contributed by atoms with Gasteiger partial charge in [-0.15, -0.1) is 0 Å². The van der Waals surface area contributed by atoms with Crippen LogP contribution in [0.15, 0.2) is 16.7 Å². The van der Waals surface area contributed by atoms with E-state index in [0.29, 0.717) is 5.56 Å². The summed E-state index contributed by atoms with van der Waals surface area (Å²) in [5.74, 6) is -7.65. The minimum absolute atomic E-state index is 0.259. The molecule has 0 aliphatic heterocycles. The van der Waals surface area contributed by atoms with Gasteiger partial charge in [-0.2, -0.15) is 8.78 Å². The number of furan rings is 1. The number of benzene rings is 1. The molecule has 0 aliphatic rings. The lowest BCUT2D eigenvalue weighted by Gasteiger charge is -2.09. The zero-order valence-electron chi connectivity index (χ0n) is 9.48. The molecule has 0 spiro atoms. The Hall–Kier alpha value is -1.98. The summed E-state index contributed by atoms with van der Waals surface area (Å²) < 4.78 is 63.5. The van der Waals surface area contributed by atoms with Gasteiger partial charge in [0, 0.05) is 0 Å². The first kappa shape index (κ1) is 12.5. The number of hydrogen-bond donors (Lipinski definition) is 0. The summed E-state index contributed by atoms with van der Waals surface area (Å²) in [5, 5.41) is 0. The van der Waals surface area contributed by atoms with Crippen molar-refractivity contribution in [1.82, 2.24) is 0 Å². The molecule has 0 saturated carbocycles. The Labute approximate surface area is 99.8 Å². The van der Waals surface area contributed by atoms with Crippen molar-refractivity contribution in [3.05, 3.63) is 41.2 Å². The Morgan fingerprint density at radius 3 is 1.94 bits per heavy atom. The summed E-state index contributed by atoms with van der Waals surface area (Å²) in [6.45, 7) is 1.50. The smallest absolute Gasteiger partial charge is 0.204 e. The highest BCUT2D eigenvalue weighted by molar-refractivity contribution is 5.64. The molecule has 0 fully saturated rings. The van der Waals surface area contributed by atoms with Crippen molar-refractivity contribution >= 4 is 0 Å². The predicted molar refractivity (Wildman–Crippen MR) is 55.3 cm³/mol. The number of ether oxygens (including phenoxy) is 1. The second kappa shape index (κ2) is 4.36. The fourth-order valence-electron chi connectivity index (χ4n) is 1.62. The summed E-state index contributed by atoms with van der Waals surface area (Å²) in [7, 11) is 0.915. The molecule has 0 aliphatic carbocycles. The van der Waals surface area contributed by atoms with Gasteiger partial charge in [0.25, 0.3) is 0 Å². The van der Waals surface area contributed by atoms with Crippen molar-refractivity contribution in [3.8, 4) is 17.1 Å². The molecule has 2 aromatic rings. The normalized spacial score (nSPS) is 10.8. The fourth-order valence-corrected chi connectivity index (χ4v) is 1.62. The van der Waals surface area contributed by atoms with Crippen molar-refractivity contribution in [2.75, 3.05) is 7.11 Å². The maximum absolute atomic E-state index is 13.7. The first-order valence-electron chi connectivity index (χ1n) is 4.93. The van der Waals surface area contributed by atoms with Crippen LogP contribution in [0.4, 0.5) is 17.6 Å². The molecule has 2 rings (SSSR count). The van der Waals surface area contributed by atoms with Gasteiger partial charge in [-0.3, -0.25) is 0 Å². The number of halogens is 4. The number of rotatable bonds is 2. The number of aryl methyl sites for hydroxylation is 1. The van der Waals surface area contributed by atoms with Crippen LogP contribution in [0.1, 0.15) is 5.56 Å². The summed E-state index contributed by atoms with van der Waals surface area (Å²) in [5.41, 5.74) is -0.523. The fraction of sp³-hybridized carbons (Fsp3) is 0.167. The predicted octanol–water partition coefficient (Wildman–Crippen LogP) is 3.82. The minimum Gasteiger partial charge on any atom is -0.491 e. The minimum atomic E-state index is -1.60. The van der Waals surface area contributed by atoms with Crippen molar-refractivity contribution in [3.63, 3.8) is 0 Å². The van der Waals surface area contributed by atoms with E-state index in [1.54, 1.807) is 0 Å². The highest BCUT2D eigenvalue weighted by Gasteiger charge is 2.29. The number of methoxy groups -OCH3 is 1. The largest absolute Gasteiger partial charge is 0.491 e. The van der Waals surface area contributed by atoms with Crippen LogP contribution in [-0.2, 0) is 0 Å². The third kappa shape index (κ3) is 1.64. The Bertz CT molecular complexity index is 575. The molecule has 0 saturated heterocycles. The Balaban J connectivity index is 2.81. The monoisotopic (exact) mass is 260 g/mol. The average Bonchev–Trinajstić information content (AvgIpc) is 2.75. The second-order valence-corrected chi connectivity index (χ2v) is 3.60. The standard InChI is InChI=1S/C12H8F4O2/c1-5-3-4-18-11(5)6-7(13)9(15)12(17-2)10(16)8(6)14/h3-4H,1-2H3. The third-order valence-corrected chi connectivity index (χ3v) is 2.52. The Morgan fingerprint density at radius 1 is 1.00 bits per heavy atom. The molecular formula is C12H8F4O2. The van der Waals surface area contributed by atoms with Crippen LogP contribution in [0.25, 0.3) is 11.3 Å². The topological polar surface area (TPSA) is 22.4 Å². The molecule has 0 unspecified atom stereocenters. The molecule has 1 aromatic heterocycles. The van der Waals surface area contributed by atoms with Gasteiger partial charge in [-0.1, -0.05) is 0 Å². The maximum Gasteiger partial charge on any atom is 0.204 e. The van der Waals surface area contributed by atoms with Gasteiger partial charge in [-0.05, 0) is 18.6 Å². The molecule has 0 radical (unpaired) electrons. The van der Waals surface area contributed by atoms with E-state index in [-0.39, 0.29) is 5.76 Å². The lowest BCUT2D eigenvalue weighted by Crippen LogP contribution is -2.03. The summed E-state index contributed by atoms with van der Waals surface area (Å²) in [6.07, 6.45) is 1.17. The van der Waals surface area contributed by atoms with Crippen LogP contribution in [0.3, 0.4) is 0 Å². The highest BCUT2D eigenvalue weighted by Crippen LogP contribution is 2.37. The van der Waals surface area contributed by atoms with Crippen LogP contribution in [0.5, 0.6) is 5.75 Å². The molecule has 18 heavy (non-hydrogen) atoms. The van der Waals surface area contributed by atoms with Crippen LogP contribution in [-0.4, -0.2) is 7.11 Å². The molecular weight excluding hydrogens is 252 g/mol. The molecule has 0 amide bonds. The van der Waals surface area contributed by atoms with E-state index in [4.69, 9.17) is 4.42 Å². The van der Waals surface area contributed by atoms with Gasteiger partial charge in [0.1, 0.15) is 5.76 Å². The van der Waals surface area contributed by atoms with Crippen molar-refractivity contribution in [2.45, 2.75) is 6.92 Å². The van der Waals surface area contributed by atoms with Gasteiger partial charge in [-0.25, -0.2) is 8.78 Å². The SMILES string of the molecule is COc1c(F)c(F)c(-c2occc2C)c(F)c1F. The van der Waals surface area contributed by atoms with E-state index in [1.165, 1.54) is 19.3 Å². The second-order valence-electron chi connectivity index (χ2n) is 3.60. The van der Waals surface area contributed by atoms with Gasteiger partial charge >= 0.3 is 0 Å². The van der Waals surface area contributed by atoms with E-state index in [9.17, 15) is 17.6 Å². The molecule has 0 atom stereocenters. The quantitative estimate of drug-likeness (QED) is 0.605. The Morgan fingerprint density at radius 2 is 1.56 bits per heavy atom. The van der Waals surface area contributed by atoms with E-state index in [0.717, 1.165) is 7.11 Å². The van der Waals surface area contributed by atoms with Crippen molar-refractivity contribution in [2.24, 2.45) is 0 Å². The van der Waals surface area contributed by atoms with Crippen LogP contribution in [0.2, 0.25) is 0 Å². The van der Waals surface area contributed by atoms with Gasteiger partial charge in [0.2, 0.25) is 11.6 Å². The molecule has 2 nitrogen and oxygen atoms in total. The molecule has 1 aromatic carbocycles. The van der Waals surface area contributed by atoms with Crippen molar-refractivity contribution in [1.29, 1.82) is 0 Å². The molecule has 0 N–H and O–H groups in total. The molecule has 96 valence electrons. The van der Waals surface area contributed by atoms with Gasteiger partial charge in [0.15, 0.2) is 17.4 Å². The zero-order chi connectivity index (χ0) is 13.4. The van der Waals surface area contributed by atoms with Crippen LogP contribution in [0, 0.1) is 30.2 Å². The number of hydrogen-bond acceptors (Lipinski definition) is 2. The van der Waals surface area contributed by atoms with Gasteiger partial charge in [0.05, 0.1) is 18.9 Å².